The molecule has 88 valence electrons. The first kappa shape index (κ1) is 11.2. The van der Waals surface area contributed by atoms with Crippen molar-refractivity contribution < 1.29 is 4.39 Å². The minimum absolute atomic E-state index is 0.167. The molecule has 0 atom stereocenters. The first-order valence-corrected chi connectivity index (χ1v) is 5.61. The van der Waals surface area contributed by atoms with Gasteiger partial charge in [0, 0.05) is 40.3 Å². The van der Waals surface area contributed by atoms with E-state index in [2.05, 4.69) is 10.2 Å². The summed E-state index contributed by atoms with van der Waals surface area (Å²) in [6, 6.07) is 4.98. The van der Waals surface area contributed by atoms with Crippen molar-refractivity contribution in [1.29, 1.82) is 0 Å². The maximum absolute atomic E-state index is 13.3. The predicted octanol–water partition coefficient (Wildman–Crippen LogP) is 1.30. The second kappa shape index (κ2) is 4.70. The van der Waals surface area contributed by atoms with Gasteiger partial charge in [0.25, 0.3) is 0 Å². The van der Waals surface area contributed by atoms with Gasteiger partial charge in [0.05, 0.1) is 11.4 Å². The zero-order chi connectivity index (χ0) is 11.5. The summed E-state index contributed by atoms with van der Waals surface area (Å²) in [5.41, 5.74) is 2.06. The van der Waals surface area contributed by atoms with Crippen LogP contribution in [0.1, 0.15) is 0 Å². The van der Waals surface area contributed by atoms with Gasteiger partial charge in [0.2, 0.25) is 0 Å². The lowest BCUT2D eigenvalue weighted by Gasteiger charge is -2.32. The summed E-state index contributed by atoms with van der Waals surface area (Å²) in [5, 5.41) is 3.30. The molecule has 16 heavy (non-hydrogen) atoms. The summed E-state index contributed by atoms with van der Waals surface area (Å²) in [6.45, 7) is 3.79. The van der Waals surface area contributed by atoms with E-state index < -0.39 is 0 Å². The third-order valence-corrected chi connectivity index (χ3v) is 2.88. The summed E-state index contributed by atoms with van der Waals surface area (Å²) in [4.78, 5) is 4.26. The van der Waals surface area contributed by atoms with Gasteiger partial charge in [-0.3, -0.25) is 0 Å². The lowest BCUT2D eigenvalue weighted by Crippen LogP contribution is -2.44. The Labute approximate surface area is 95.9 Å². The zero-order valence-corrected chi connectivity index (χ0v) is 9.83. The minimum atomic E-state index is -0.167. The van der Waals surface area contributed by atoms with Gasteiger partial charge in [-0.05, 0) is 18.2 Å². The molecule has 1 N–H and O–H groups in total. The summed E-state index contributed by atoms with van der Waals surface area (Å²) in [5.74, 6) is -0.167. The van der Waals surface area contributed by atoms with Crippen molar-refractivity contribution in [1.82, 2.24) is 5.32 Å². The molecule has 0 amide bonds. The number of rotatable bonds is 2. The molecule has 0 unspecified atom stereocenters. The van der Waals surface area contributed by atoms with E-state index in [9.17, 15) is 4.39 Å². The molecular formula is C12H18FN3. The first-order chi connectivity index (χ1) is 7.68. The molecule has 1 aromatic carbocycles. The number of hydrogen-bond donors (Lipinski definition) is 1. The number of nitrogens with one attached hydrogen (secondary N) is 1. The number of halogens is 1. The van der Waals surface area contributed by atoms with Crippen LogP contribution >= 0.6 is 0 Å². The molecule has 1 saturated heterocycles. The zero-order valence-electron chi connectivity index (χ0n) is 9.83. The smallest absolute Gasteiger partial charge is 0.125 e. The number of hydrogen-bond acceptors (Lipinski definition) is 3. The average Bonchev–Trinajstić information content (AvgIpc) is 2.29. The highest BCUT2D eigenvalue weighted by molar-refractivity contribution is 5.71. The molecular weight excluding hydrogens is 205 g/mol. The van der Waals surface area contributed by atoms with E-state index in [1.54, 1.807) is 6.07 Å². The molecule has 0 aromatic heterocycles. The Kier molecular flexibility index (Phi) is 3.29. The van der Waals surface area contributed by atoms with E-state index in [1.807, 2.05) is 25.1 Å². The summed E-state index contributed by atoms with van der Waals surface area (Å²) in [6.07, 6.45) is 0. The maximum atomic E-state index is 13.3. The molecule has 1 heterocycles. The maximum Gasteiger partial charge on any atom is 0.125 e. The molecule has 0 radical (unpaired) electrons. The lowest BCUT2D eigenvalue weighted by molar-refractivity contribution is 0.584. The van der Waals surface area contributed by atoms with Gasteiger partial charge in [0.1, 0.15) is 5.82 Å². The van der Waals surface area contributed by atoms with Crippen LogP contribution in [0.2, 0.25) is 0 Å². The van der Waals surface area contributed by atoms with E-state index in [4.69, 9.17) is 0 Å². The van der Waals surface area contributed by atoms with Crippen molar-refractivity contribution in [3.8, 4) is 0 Å². The van der Waals surface area contributed by atoms with Gasteiger partial charge in [-0.15, -0.1) is 0 Å². The molecule has 2 rings (SSSR count). The minimum Gasteiger partial charge on any atom is -0.376 e. The molecule has 0 saturated carbocycles. The van der Waals surface area contributed by atoms with Crippen LogP contribution in [0.25, 0.3) is 0 Å². The van der Waals surface area contributed by atoms with Crippen LogP contribution in [0.3, 0.4) is 0 Å². The standard InChI is InChI=1S/C12H18FN3/c1-15(2)11-4-3-10(13)9-12(11)16-7-5-14-6-8-16/h3-4,9,14H,5-8H2,1-2H3. The molecule has 1 aliphatic heterocycles. The molecule has 1 aliphatic rings. The monoisotopic (exact) mass is 223 g/mol. The van der Waals surface area contributed by atoms with Crippen molar-refractivity contribution in [2.45, 2.75) is 0 Å². The van der Waals surface area contributed by atoms with Crippen LogP contribution in [-0.4, -0.2) is 40.3 Å². The summed E-state index contributed by atoms with van der Waals surface area (Å²) in [7, 11) is 3.97. The fourth-order valence-corrected chi connectivity index (χ4v) is 2.03. The van der Waals surface area contributed by atoms with Crippen molar-refractivity contribution in [3.63, 3.8) is 0 Å². The van der Waals surface area contributed by atoms with Gasteiger partial charge in [-0.25, -0.2) is 4.39 Å². The van der Waals surface area contributed by atoms with Crippen LogP contribution in [0, 0.1) is 5.82 Å². The van der Waals surface area contributed by atoms with Crippen molar-refractivity contribution in [2.24, 2.45) is 0 Å². The Morgan fingerprint density at radius 2 is 1.94 bits per heavy atom. The highest BCUT2D eigenvalue weighted by Gasteiger charge is 2.15. The second-order valence-electron chi connectivity index (χ2n) is 4.26. The van der Waals surface area contributed by atoms with Gasteiger partial charge in [-0.2, -0.15) is 0 Å². The summed E-state index contributed by atoms with van der Waals surface area (Å²) < 4.78 is 13.3. The molecule has 1 aromatic rings. The average molecular weight is 223 g/mol. The van der Waals surface area contributed by atoms with Crippen LogP contribution < -0.4 is 15.1 Å². The largest absolute Gasteiger partial charge is 0.376 e. The van der Waals surface area contributed by atoms with E-state index in [-0.39, 0.29) is 5.82 Å². The Balaban J connectivity index is 2.32. The van der Waals surface area contributed by atoms with Gasteiger partial charge in [-0.1, -0.05) is 0 Å². The quantitative estimate of drug-likeness (QED) is 0.815. The third-order valence-electron chi connectivity index (χ3n) is 2.88. The van der Waals surface area contributed by atoms with Crippen LogP contribution in [0.5, 0.6) is 0 Å². The van der Waals surface area contributed by atoms with Gasteiger partial charge < -0.3 is 15.1 Å². The van der Waals surface area contributed by atoms with E-state index in [0.29, 0.717) is 0 Å². The van der Waals surface area contributed by atoms with Crippen molar-refractivity contribution in [3.05, 3.63) is 24.0 Å². The lowest BCUT2D eigenvalue weighted by atomic mass is 10.2. The van der Waals surface area contributed by atoms with E-state index in [1.165, 1.54) is 6.07 Å². The van der Waals surface area contributed by atoms with Gasteiger partial charge >= 0.3 is 0 Å². The second-order valence-corrected chi connectivity index (χ2v) is 4.26. The molecule has 4 heteroatoms. The Hall–Kier alpha value is -1.29. The van der Waals surface area contributed by atoms with Crippen molar-refractivity contribution >= 4 is 11.4 Å². The predicted molar refractivity (Wildman–Crippen MR) is 65.8 cm³/mol. The highest BCUT2D eigenvalue weighted by atomic mass is 19.1. The number of anilines is 2. The van der Waals surface area contributed by atoms with E-state index in [0.717, 1.165) is 37.6 Å². The first-order valence-electron chi connectivity index (χ1n) is 5.61. The fraction of sp³-hybridized carbons (Fsp3) is 0.500. The molecule has 0 spiro atoms. The van der Waals surface area contributed by atoms with E-state index >= 15 is 0 Å². The Morgan fingerprint density at radius 1 is 1.25 bits per heavy atom. The third kappa shape index (κ3) is 2.27. The Bertz CT molecular complexity index is 359. The molecule has 1 fully saturated rings. The normalized spacial score (nSPS) is 16.3. The molecule has 0 aliphatic carbocycles. The van der Waals surface area contributed by atoms with Gasteiger partial charge in [0.15, 0.2) is 0 Å². The molecule has 3 nitrogen and oxygen atoms in total. The molecule has 0 bridgehead atoms. The SMILES string of the molecule is CN(C)c1ccc(F)cc1N1CCNCC1. The van der Waals surface area contributed by atoms with Crippen molar-refractivity contribution in [2.75, 3.05) is 50.1 Å². The number of benzene rings is 1. The number of piperazine rings is 1. The van der Waals surface area contributed by atoms with Crippen LogP contribution in [0.4, 0.5) is 15.8 Å². The fourth-order valence-electron chi connectivity index (χ4n) is 2.03. The highest BCUT2D eigenvalue weighted by Crippen LogP contribution is 2.29. The topological polar surface area (TPSA) is 18.5 Å². The number of nitrogens with zero attached hydrogens (tertiary/aromatic N) is 2. The Morgan fingerprint density at radius 3 is 2.56 bits per heavy atom. The van der Waals surface area contributed by atoms with Crippen LogP contribution in [0.15, 0.2) is 18.2 Å². The summed E-state index contributed by atoms with van der Waals surface area (Å²) >= 11 is 0. The van der Waals surface area contributed by atoms with Crippen LogP contribution in [-0.2, 0) is 0 Å².